The number of ether oxygens (including phenoxy) is 2. The average molecular weight is 281 g/mol. The second-order valence-electron chi connectivity index (χ2n) is 4.27. The molecule has 1 atom stereocenters. The van der Waals surface area contributed by atoms with Crippen molar-refractivity contribution in [2.75, 3.05) is 31.8 Å². The maximum atomic E-state index is 11.4. The van der Waals surface area contributed by atoms with Gasteiger partial charge in [0.15, 0.2) is 5.69 Å². The molecule has 0 spiro atoms. The van der Waals surface area contributed by atoms with E-state index in [0.717, 1.165) is 0 Å². The minimum atomic E-state index is -0.914. The van der Waals surface area contributed by atoms with E-state index >= 15 is 0 Å². The summed E-state index contributed by atoms with van der Waals surface area (Å²) >= 11 is 0. The monoisotopic (exact) mass is 281 g/mol. The maximum Gasteiger partial charge on any atom is 0.358 e. The van der Waals surface area contributed by atoms with Crippen molar-refractivity contribution < 1.29 is 24.2 Å². The van der Waals surface area contributed by atoms with Crippen LogP contribution in [0.25, 0.3) is 0 Å². The van der Waals surface area contributed by atoms with Gasteiger partial charge in [-0.1, -0.05) is 0 Å². The highest BCUT2D eigenvalue weighted by Crippen LogP contribution is 2.19. The molecule has 0 aromatic carbocycles. The van der Waals surface area contributed by atoms with Gasteiger partial charge in [0.25, 0.3) is 0 Å². The Morgan fingerprint density at radius 1 is 1.55 bits per heavy atom. The van der Waals surface area contributed by atoms with Gasteiger partial charge in [-0.15, -0.1) is 0 Å². The van der Waals surface area contributed by atoms with Crippen LogP contribution >= 0.6 is 0 Å². The number of methoxy groups -OCH3 is 1. The Kier molecular flexibility index (Phi) is 4.46. The molecular weight excluding hydrogens is 266 g/mol. The second-order valence-corrected chi connectivity index (χ2v) is 4.27. The zero-order chi connectivity index (χ0) is 14.5. The van der Waals surface area contributed by atoms with Gasteiger partial charge in [-0.3, -0.25) is 9.78 Å². The Balaban J connectivity index is 2.23. The van der Waals surface area contributed by atoms with E-state index in [0.29, 0.717) is 25.6 Å². The lowest BCUT2D eigenvalue weighted by Gasteiger charge is -2.35. The summed E-state index contributed by atoms with van der Waals surface area (Å²) in [6.45, 7) is 1.27. The van der Waals surface area contributed by atoms with Crippen molar-refractivity contribution in [2.24, 2.45) is 0 Å². The number of esters is 1. The number of rotatable bonds is 4. The van der Waals surface area contributed by atoms with Crippen molar-refractivity contribution in [3.63, 3.8) is 0 Å². The van der Waals surface area contributed by atoms with Gasteiger partial charge >= 0.3 is 11.9 Å². The van der Waals surface area contributed by atoms with Crippen molar-refractivity contribution in [3.8, 4) is 0 Å². The third-order valence-electron chi connectivity index (χ3n) is 2.95. The Morgan fingerprint density at radius 2 is 2.35 bits per heavy atom. The van der Waals surface area contributed by atoms with Crippen LogP contribution < -0.4 is 4.90 Å². The van der Waals surface area contributed by atoms with Crippen LogP contribution in [-0.2, 0) is 14.3 Å². The highest BCUT2D eigenvalue weighted by atomic mass is 16.5. The van der Waals surface area contributed by atoms with Crippen LogP contribution in [0.2, 0.25) is 0 Å². The van der Waals surface area contributed by atoms with E-state index in [-0.39, 0.29) is 18.2 Å². The molecule has 0 bridgehead atoms. The summed E-state index contributed by atoms with van der Waals surface area (Å²) in [5, 5.41) is 8.92. The van der Waals surface area contributed by atoms with Gasteiger partial charge in [0, 0.05) is 6.54 Å². The Bertz CT molecular complexity index is 508. The normalized spacial score (nSPS) is 18.6. The fourth-order valence-electron chi connectivity index (χ4n) is 2.02. The lowest BCUT2D eigenvalue weighted by atomic mass is 10.1. The number of carboxylic acid groups (broad SMARTS) is 1. The molecule has 8 nitrogen and oxygen atoms in total. The first-order valence-electron chi connectivity index (χ1n) is 6.08. The molecule has 108 valence electrons. The van der Waals surface area contributed by atoms with Gasteiger partial charge in [-0.25, -0.2) is 9.78 Å². The number of carboxylic acids is 1. The van der Waals surface area contributed by atoms with E-state index in [1.165, 1.54) is 19.5 Å². The number of carbonyl (C=O) groups is 2. The summed E-state index contributed by atoms with van der Waals surface area (Å²) in [7, 11) is 1.26. The summed E-state index contributed by atoms with van der Waals surface area (Å²) in [6, 6.07) is -0.330. The topological polar surface area (TPSA) is 102 Å². The number of morpholine rings is 1. The fourth-order valence-corrected chi connectivity index (χ4v) is 2.02. The first-order valence-corrected chi connectivity index (χ1v) is 6.08. The molecule has 2 rings (SSSR count). The molecule has 0 aliphatic carbocycles. The molecule has 1 aromatic rings. The molecule has 0 amide bonds. The quantitative estimate of drug-likeness (QED) is 0.766. The third kappa shape index (κ3) is 3.21. The van der Waals surface area contributed by atoms with Crippen LogP contribution in [0.1, 0.15) is 16.9 Å². The zero-order valence-electron chi connectivity index (χ0n) is 11.0. The van der Waals surface area contributed by atoms with Crippen molar-refractivity contribution in [1.82, 2.24) is 9.97 Å². The number of nitrogens with zero attached hydrogens (tertiary/aromatic N) is 3. The van der Waals surface area contributed by atoms with Gasteiger partial charge in [0.05, 0.1) is 45.2 Å². The molecule has 2 heterocycles. The number of aromatic nitrogens is 2. The Labute approximate surface area is 115 Å². The number of aliphatic carboxylic acids is 1. The van der Waals surface area contributed by atoms with Gasteiger partial charge in [-0.05, 0) is 0 Å². The van der Waals surface area contributed by atoms with Crippen molar-refractivity contribution in [2.45, 2.75) is 12.5 Å². The summed E-state index contributed by atoms with van der Waals surface area (Å²) < 4.78 is 9.88. The van der Waals surface area contributed by atoms with Crippen molar-refractivity contribution >= 4 is 17.8 Å². The van der Waals surface area contributed by atoms with Crippen molar-refractivity contribution in [1.29, 1.82) is 0 Å². The van der Waals surface area contributed by atoms with Crippen LogP contribution in [0.15, 0.2) is 12.4 Å². The molecule has 0 radical (unpaired) electrons. The summed E-state index contributed by atoms with van der Waals surface area (Å²) in [4.78, 5) is 32.2. The molecule has 1 aromatic heterocycles. The number of hydrogen-bond donors (Lipinski definition) is 1. The van der Waals surface area contributed by atoms with Gasteiger partial charge in [0.2, 0.25) is 0 Å². The molecule has 1 aliphatic rings. The molecule has 20 heavy (non-hydrogen) atoms. The highest BCUT2D eigenvalue weighted by Gasteiger charge is 2.27. The van der Waals surface area contributed by atoms with Crippen LogP contribution in [0.4, 0.5) is 5.82 Å². The molecule has 1 N–H and O–H groups in total. The molecule has 0 saturated carbocycles. The number of hydrogen-bond acceptors (Lipinski definition) is 7. The summed E-state index contributed by atoms with van der Waals surface area (Å²) in [6.07, 6.45) is 2.73. The largest absolute Gasteiger partial charge is 0.481 e. The van der Waals surface area contributed by atoms with E-state index in [9.17, 15) is 9.59 Å². The average Bonchev–Trinajstić information content (AvgIpc) is 2.46. The number of anilines is 1. The van der Waals surface area contributed by atoms with Crippen LogP contribution in [0, 0.1) is 0 Å². The molecule has 1 saturated heterocycles. The Morgan fingerprint density at radius 3 is 3.05 bits per heavy atom. The maximum absolute atomic E-state index is 11.4. The van der Waals surface area contributed by atoms with Crippen molar-refractivity contribution in [3.05, 3.63) is 18.1 Å². The van der Waals surface area contributed by atoms with E-state index in [1.807, 2.05) is 0 Å². The van der Waals surface area contributed by atoms with Gasteiger partial charge < -0.3 is 19.5 Å². The van der Waals surface area contributed by atoms with Gasteiger partial charge in [0.1, 0.15) is 5.82 Å². The molecule has 1 aliphatic heterocycles. The SMILES string of the molecule is COC(=O)c1cncc(N2CCOCC2CC(=O)O)n1. The van der Waals surface area contributed by atoms with E-state index < -0.39 is 11.9 Å². The summed E-state index contributed by atoms with van der Waals surface area (Å²) in [5.41, 5.74) is 0.0885. The summed E-state index contributed by atoms with van der Waals surface area (Å²) in [5.74, 6) is -1.05. The van der Waals surface area contributed by atoms with Crippen LogP contribution in [0.3, 0.4) is 0 Å². The predicted octanol–water partition coefficient (Wildman–Crippen LogP) is -0.0569. The smallest absolute Gasteiger partial charge is 0.358 e. The Hall–Kier alpha value is -2.22. The van der Waals surface area contributed by atoms with Crippen LogP contribution in [-0.4, -0.2) is 59.9 Å². The number of carbonyl (C=O) groups excluding carboxylic acids is 1. The standard InChI is InChI=1S/C12H15N3O5/c1-19-12(18)9-5-13-6-10(14-9)15-2-3-20-7-8(15)4-11(16)17/h5-6,8H,2-4,7H2,1H3,(H,16,17). The minimum Gasteiger partial charge on any atom is -0.481 e. The lowest BCUT2D eigenvalue weighted by Crippen LogP contribution is -2.47. The molecule has 1 fully saturated rings. The molecule has 8 heteroatoms. The minimum absolute atomic E-state index is 0.0653. The molecular formula is C12H15N3O5. The molecule has 1 unspecified atom stereocenters. The zero-order valence-corrected chi connectivity index (χ0v) is 11.0. The van der Waals surface area contributed by atoms with E-state index in [2.05, 4.69) is 14.7 Å². The second kappa shape index (κ2) is 6.29. The lowest BCUT2D eigenvalue weighted by molar-refractivity contribution is -0.138. The third-order valence-corrected chi connectivity index (χ3v) is 2.95. The first kappa shape index (κ1) is 14.2. The van der Waals surface area contributed by atoms with Crippen LogP contribution in [0.5, 0.6) is 0 Å². The predicted molar refractivity (Wildman–Crippen MR) is 67.6 cm³/mol. The fraction of sp³-hybridized carbons (Fsp3) is 0.500. The van der Waals surface area contributed by atoms with E-state index in [1.54, 1.807) is 4.90 Å². The van der Waals surface area contributed by atoms with E-state index in [4.69, 9.17) is 9.84 Å². The highest BCUT2D eigenvalue weighted by molar-refractivity contribution is 5.87. The van der Waals surface area contributed by atoms with Gasteiger partial charge in [-0.2, -0.15) is 0 Å². The first-order chi connectivity index (χ1) is 9.61.